The number of piperidine rings is 1. The number of rotatable bonds is 6. The summed E-state index contributed by atoms with van der Waals surface area (Å²) in [6.45, 7) is 3.76. The summed E-state index contributed by atoms with van der Waals surface area (Å²) < 4.78 is 13.7. The van der Waals surface area contributed by atoms with Gasteiger partial charge in [0.05, 0.1) is 29.0 Å². The third-order valence-corrected chi connectivity index (χ3v) is 8.24. The van der Waals surface area contributed by atoms with Crippen molar-refractivity contribution in [3.8, 4) is 5.75 Å². The fourth-order valence-corrected chi connectivity index (χ4v) is 6.32. The Morgan fingerprint density at radius 2 is 1.88 bits per heavy atom. The molecule has 1 amide bonds. The standard InChI is InChI=1S/C31H30N4O4S/c1-20-27(29(36)33-22-11-5-3-6-12-22)28(21-10-9-13-23(18-21)38-2)35-30(37)25(40-31(35)32-20)19-24-14-15-26(39-24)34-16-7-4-8-17-34/h3,5-6,9-15,18-19,28H,4,7-8,16-17H2,1-2H3,(H,33,36)/b25-19-. The summed E-state index contributed by atoms with van der Waals surface area (Å²) in [7, 11) is 1.59. The number of aromatic nitrogens is 1. The molecule has 1 unspecified atom stereocenters. The molecule has 2 aliphatic heterocycles. The lowest BCUT2D eigenvalue weighted by molar-refractivity contribution is -0.113. The number of hydrogen-bond donors (Lipinski definition) is 1. The quantitative estimate of drug-likeness (QED) is 0.380. The number of hydrogen-bond acceptors (Lipinski definition) is 7. The zero-order valence-corrected chi connectivity index (χ0v) is 23.2. The third-order valence-electron chi connectivity index (χ3n) is 7.26. The van der Waals surface area contributed by atoms with E-state index in [0.29, 0.717) is 37.8 Å². The number of benzene rings is 2. The number of thiazole rings is 1. The molecular weight excluding hydrogens is 524 g/mol. The van der Waals surface area contributed by atoms with Crippen molar-refractivity contribution in [2.45, 2.75) is 32.2 Å². The Kier molecular flexibility index (Phi) is 7.13. The number of ether oxygens (including phenoxy) is 1. The monoisotopic (exact) mass is 554 g/mol. The predicted molar refractivity (Wildman–Crippen MR) is 157 cm³/mol. The molecule has 2 aromatic carbocycles. The number of allylic oxidation sites excluding steroid dienone is 1. The van der Waals surface area contributed by atoms with Gasteiger partial charge in [0.1, 0.15) is 11.5 Å². The van der Waals surface area contributed by atoms with Crippen molar-refractivity contribution in [3.63, 3.8) is 0 Å². The molecule has 1 fully saturated rings. The molecule has 0 spiro atoms. The predicted octanol–water partition coefficient (Wildman–Crippen LogP) is 4.47. The molecule has 0 aliphatic carbocycles. The first kappa shape index (κ1) is 25.9. The fraction of sp³-hybridized carbons (Fsp3) is 0.258. The van der Waals surface area contributed by atoms with Crippen LogP contribution in [0, 0.1) is 0 Å². The molecule has 4 heterocycles. The lowest BCUT2D eigenvalue weighted by atomic mass is 9.95. The molecule has 6 rings (SSSR count). The number of furan rings is 1. The minimum Gasteiger partial charge on any atom is -0.497 e. The SMILES string of the molecule is COc1cccc(C2C(C(=O)Nc3ccccc3)=C(C)N=c3s/c(=C\c4ccc(N5CCCCC5)o4)c(=O)n32)c1. The zero-order valence-electron chi connectivity index (χ0n) is 22.4. The minimum atomic E-state index is -0.683. The molecule has 4 aromatic rings. The van der Waals surface area contributed by atoms with E-state index in [9.17, 15) is 9.59 Å². The van der Waals surface area contributed by atoms with Gasteiger partial charge in [-0.15, -0.1) is 0 Å². The highest BCUT2D eigenvalue weighted by Crippen LogP contribution is 2.32. The largest absolute Gasteiger partial charge is 0.497 e. The Morgan fingerprint density at radius 1 is 1.07 bits per heavy atom. The maximum atomic E-state index is 13.9. The van der Waals surface area contributed by atoms with Crippen molar-refractivity contribution in [1.82, 2.24) is 4.57 Å². The van der Waals surface area contributed by atoms with Crippen LogP contribution in [-0.4, -0.2) is 30.7 Å². The summed E-state index contributed by atoms with van der Waals surface area (Å²) in [6.07, 6.45) is 5.31. The summed E-state index contributed by atoms with van der Waals surface area (Å²) in [5.74, 6) is 1.76. The van der Waals surface area contributed by atoms with E-state index in [2.05, 4.69) is 10.2 Å². The highest BCUT2D eigenvalue weighted by Gasteiger charge is 2.33. The van der Waals surface area contributed by atoms with Gasteiger partial charge in [-0.1, -0.05) is 41.7 Å². The molecule has 0 bridgehead atoms. The molecule has 1 atom stereocenters. The van der Waals surface area contributed by atoms with Gasteiger partial charge in [-0.3, -0.25) is 14.2 Å². The van der Waals surface area contributed by atoms with Crippen LogP contribution in [0.15, 0.2) is 92.2 Å². The molecule has 9 heteroatoms. The maximum Gasteiger partial charge on any atom is 0.271 e. The van der Waals surface area contributed by atoms with Crippen molar-refractivity contribution in [2.24, 2.45) is 4.99 Å². The van der Waals surface area contributed by atoms with E-state index in [1.807, 2.05) is 73.7 Å². The van der Waals surface area contributed by atoms with Gasteiger partial charge in [0, 0.05) is 30.9 Å². The number of carbonyl (C=O) groups excluding carboxylic acids is 1. The highest BCUT2D eigenvalue weighted by molar-refractivity contribution is 7.07. The van der Waals surface area contributed by atoms with Crippen LogP contribution < -0.4 is 29.8 Å². The summed E-state index contributed by atoms with van der Waals surface area (Å²) in [5, 5.41) is 2.97. The topological polar surface area (TPSA) is 89.1 Å². The van der Waals surface area contributed by atoms with Crippen molar-refractivity contribution >= 4 is 34.9 Å². The molecule has 0 saturated carbocycles. The Bertz CT molecular complexity index is 1760. The van der Waals surface area contributed by atoms with Crippen LogP contribution in [0.2, 0.25) is 0 Å². The molecule has 2 aliphatic rings. The van der Waals surface area contributed by atoms with Crippen molar-refractivity contribution in [1.29, 1.82) is 0 Å². The number of anilines is 2. The second-order valence-electron chi connectivity index (χ2n) is 9.90. The average molecular weight is 555 g/mol. The van der Waals surface area contributed by atoms with Gasteiger partial charge >= 0.3 is 0 Å². The van der Waals surface area contributed by atoms with Crippen LogP contribution in [0.1, 0.15) is 43.6 Å². The third kappa shape index (κ3) is 5.00. The number of nitrogens with one attached hydrogen (secondary N) is 1. The summed E-state index contributed by atoms with van der Waals surface area (Å²) in [5.41, 5.74) is 2.15. The van der Waals surface area contributed by atoms with E-state index in [0.717, 1.165) is 37.4 Å². The smallest absolute Gasteiger partial charge is 0.271 e. The van der Waals surface area contributed by atoms with Gasteiger partial charge in [0.2, 0.25) is 0 Å². The summed E-state index contributed by atoms with van der Waals surface area (Å²) in [6, 6.07) is 19.9. The Balaban J connectivity index is 1.44. The maximum absolute atomic E-state index is 13.9. The van der Waals surface area contributed by atoms with Crippen molar-refractivity contribution in [3.05, 3.63) is 109 Å². The van der Waals surface area contributed by atoms with Gasteiger partial charge in [-0.2, -0.15) is 0 Å². The van der Waals surface area contributed by atoms with Crippen LogP contribution in [0.25, 0.3) is 6.08 Å². The highest BCUT2D eigenvalue weighted by atomic mass is 32.1. The van der Waals surface area contributed by atoms with Crippen LogP contribution in [0.5, 0.6) is 5.75 Å². The van der Waals surface area contributed by atoms with Crippen LogP contribution >= 0.6 is 11.3 Å². The van der Waals surface area contributed by atoms with Crippen molar-refractivity contribution in [2.75, 3.05) is 30.4 Å². The number of nitrogens with zero attached hydrogens (tertiary/aromatic N) is 3. The Hall–Kier alpha value is -4.37. The lowest BCUT2D eigenvalue weighted by Gasteiger charge is -2.25. The fourth-order valence-electron chi connectivity index (χ4n) is 5.29. The van der Waals surface area contributed by atoms with Gasteiger partial charge < -0.3 is 19.4 Å². The summed E-state index contributed by atoms with van der Waals surface area (Å²) in [4.78, 5) is 35.1. The summed E-state index contributed by atoms with van der Waals surface area (Å²) >= 11 is 1.29. The molecule has 1 N–H and O–H groups in total. The van der Waals surface area contributed by atoms with E-state index in [1.165, 1.54) is 17.8 Å². The second kappa shape index (κ2) is 11.0. The molecular formula is C31H30N4O4S. The van der Waals surface area contributed by atoms with E-state index in [4.69, 9.17) is 14.1 Å². The van der Waals surface area contributed by atoms with E-state index >= 15 is 0 Å². The van der Waals surface area contributed by atoms with Gasteiger partial charge in [0.25, 0.3) is 11.5 Å². The zero-order chi connectivity index (χ0) is 27.6. The minimum absolute atomic E-state index is 0.231. The Labute approximate surface area is 235 Å². The Morgan fingerprint density at radius 3 is 2.65 bits per heavy atom. The number of amides is 1. The van der Waals surface area contributed by atoms with Crippen LogP contribution in [0.3, 0.4) is 0 Å². The second-order valence-corrected chi connectivity index (χ2v) is 10.9. The first-order chi connectivity index (χ1) is 19.5. The van der Waals surface area contributed by atoms with Gasteiger partial charge in [0.15, 0.2) is 10.7 Å². The van der Waals surface area contributed by atoms with Crippen LogP contribution in [0.4, 0.5) is 11.6 Å². The van der Waals surface area contributed by atoms with Crippen molar-refractivity contribution < 1.29 is 13.9 Å². The number of para-hydroxylation sites is 1. The van der Waals surface area contributed by atoms with Crippen LogP contribution in [-0.2, 0) is 4.79 Å². The molecule has 2 aromatic heterocycles. The normalized spacial score (nSPS) is 17.4. The van der Waals surface area contributed by atoms with E-state index in [-0.39, 0.29) is 11.5 Å². The number of methoxy groups -OCH3 is 1. The molecule has 8 nitrogen and oxygen atoms in total. The lowest BCUT2D eigenvalue weighted by Crippen LogP contribution is -2.40. The number of carbonyl (C=O) groups is 1. The van der Waals surface area contributed by atoms with E-state index < -0.39 is 6.04 Å². The molecule has 204 valence electrons. The van der Waals surface area contributed by atoms with E-state index in [1.54, 1.807) is 17.8 Å². The van der Waals surface area contributed by atoms with Gasteiger partial charge in [-0.25, -0.2) is 4.99 Å². The first-order valence-electron chi connectivity index (χ1n) is 13.4. The average Bonchev–Trinajstić information content (AvgIpc) is 3.57. The first-order valence-corrected chi connectivity index (χ1v) is 14.2. The molecule has 1 saturated heterocycles. The number of fused-ring (bicyclic) bond motifs is 1. The van der Waals surface area contributed by atoms with Gasteiger partial charge in [-0.05, 0) is 62.1 Å². The molecule has 40 heavy (non-hydrogen) atoms. The molecule has 0 radical (unpaired) electrons.